The van der Waals surface area contributed by atoms with Crippen molar-refractivity contribution < 1.29 is 0 Å². The molecule has 1 N–H and O–H groups in total. The lowest BCUT2D eigenvalue weighted by Crippen LogP contribution is -2.35. The number of rotatable bonds is 3. The molecule has 132 valence electrons. The first-order chi connectivity index (χ1) is 12.6. The van der Waals surface area contributed by atoms with Gasteiger partial charge in [0.05, 0.1) is 16.8 Å². The van der Waals surface area contributed by atoms with E-state index in [2.05, 4.69) is 30.9 Å². The number of H-pyrrole nitrogens is 1. The molecule has 0 saturated heterocycles. The zero-order valence-electron chi connectivity index (χ0n) is 14.4. The van der Waals surface area contributed by atoms with E-state index in [0.29, 0.717) is 17.9 Å². The first kappa shape index (κ1) is 16.9. The van der Waals surface area contributed by atoms with Crippen LogP contribution in [0.5, 0.6) is 0 Å². The molecule has 1 aromatic carbocycles. The topological polar surface area (TPSA) is 74.8 Å². The normalized spacial score (nSPS) is 14.2. The maximum absolute atomic E-state index is 12.6. The average Bonchev–Trinajstić information content (AvgIpc) is 2.66. The van der Waals surface area contributed by atoms with Crippen LogP contribution in [0.3, 0.4) is 0 Å². The molecule has 3 aromatic rings. The Morgan fingerprint density at radius 1 is 1.27 bits per heavy atom. The summed E-state index contributed by atoms with van der Waals surface area (Å²) in [6.07, 6.45) is 5.48. The third-order valence-corrected chi connectivity index (χ3v) is 5.03. The van der Waals surface area contributed by atoms with E-state index in [0.717, 1.165) is 46.9 Å². The number of hydrogen-bond acceptors (Lipinski definition) is 5. The number of nitrogens with zero attached hydrogens (tertiary/aromatic N) is 4. The molecule has 0 aliphatic carbocycles. The van der Waals surface area contributed by atoms with Gasteiger partial charge < -0.3 is 4.98 Å². The van der Waals surface area contributed by atoms with Crippen LogP contribution in [0.25, 0.3) is 11.4 Å². The third-order valence-electron chi connectivity index (χ3n) is 4.62. The van der Waals surface area contributed by atoms with Gasteiger partial charge in [-0.25, -0.2) is 15.0 Å². The highest BCUT2D eigenvalue weighted by atomic mass is 35.5. The Bertz CT molecular complexity index is 1000. The molecular formula is C19H18ClN5O. The number of aromatic nitrogens is 4. The Kier molecular flexibility index (Phi) is 4.53. The molecule has 1 aliphatic heterocycles. The Balaban J connectivity index is 1.57. The zero-order chi connectivity index (χ0) is 18.1. The minimum absolute atomic E-state index is 0.0968. The molecule has 0 saturated carbocycles. The fourth-order valence-electron chi connectivity index (χ4n) is 3.17. The predicted octanol–water partition coefficient (Wildman–Crippen LogP) is 2.75. The van der Waals surface area contributed by atoms with Crippen molar-refractivity contribution in [3.8, 4) is 11.4 Å². The van der Waals surface area contributed by atoms with E-state index in [9.17, 15) is 4.79 Å². The summed E-state index contributed by atoms with van der Waals surface area (Å²) < 4.78 is 0. The van der Waals surface area contributed by atoms with Crippen LogP contribution in [0, 0.1) is 6.92 Å². The van der Waals surface area contributed by atoms with Crippen LogP contribution < -0.4 is 5.56 Å². The van der Waals surface area contributed by atoms with Crippen molar-refractivity contribution in [3.63, 3.8) is 0 Å². The van der Waals surface area contributed by atoms with Gasteiger partial charge in [0.25, 0.3) is 5.56 Å². The predicted molar refractivity (Wildman–Crippen MR) is 99.9 cm³/mol. The molecule has 4 rings (SSSR count). The van der Waals surface area contributed by atoms with Crippen molar-refractivity contribution in [1.82, 2.24) is 24.8 Å². The molecule has 26 heavy (non-hydrogen) atoms. The first-order valence-electron chi connectivity index (χ1n) is 8.45. The fraction of sp³-hybridized carbons (Fsp3) is 0.263. The van der Waals surface area contributed by atoms with E-state index in [1.165, 1.54) is 6.33 Å². The number of hydrogen-bond donors (Lipinski definition) is 1. The number of halogens is 1. The van der Waals surface area contributed by atoms with Crippen LogP contribution in [0.1, 0.15) is 22.4 Å². The smallest absolute Gasteiger partial charge is 0.255 e. The minimum Gasteiger partial charge on any atom is -0.306 e. The third kappa shape index (κ3) is 3.38. The van der Waals surface area contributed by atoms with E-state index in [1.807, 2.05) is 19.1 Å². The van der Waals surface area contributed by atoms with Gasteiger partial charge in [0.15, 0.2) is 0 Å². The van der Waals surface area contributed by atoms with Gasteiger partial charge in [-0.15, -0.1) is 0 Å². The maximum atomic E-state index is 12.6. The molecule has 1 aliphatic rings. The second kappa shape index (κ2) is 6.97. The van der Waals surface area contributed by atoms with Gasteiger partial charge in [0, 0.05) is 43.5 Å². The van der Waals surface area contributed by atoms with Crippen LogP contribution in [0.4, 0.5) is 0 Å². The van der Waals surface area contributed by atoms with Gasteiger partial charge in [0.1, 0.15) is 12.2 Å². The van der Waals surface area contributed by atoms with Crippen molar-refractivity contribution in [3.05, 3.63) is 74.7 Å². The number of benzene rings is 1. The zero-order valence-corrected chi connectivity index (χ0v) is 15.1. The van der Waals surface area contributed by atoms with Crippen LogP contribution in [-0.4, -0.2) is 31.4 Å². The molecule has 2 aromatic heterocycles. The van der Waals surface area contributed by atoms with Crippen LogP contribution in [-0.2, 0) is 19.5 Å². The highest BCUT2D eigenvalue weighted by Gasteiger charge is 2.21. The van der Waals surface area contributed by atoms with Crippen LogP contribution >= 0.6 is 11.6 Å². The Morgan fingerprint density at radius 2 is 2.08 bits per heavy atom. The number of fused-ring (bicyclic) bond motifs is 1. The molecular weight excluding hydrogens is 350 g/mol. The SMILES string of the molecule is Cc1ccc(CN2CCc3nc(-c4cncnc4)[nH]c(=O)c3C2)cc1Cl. The molecule has 0 radical (unpaired) electrons. The number of aromatic amines is 1. The van der Waals surface area contributed by atoms with Gasteiger partial charge in [-0.05, 0) is 24.1 Å². The lowest BCUT2D eigenvalue weighted by atomic mass is 10.1. The average molecular weight is 368 g/mol. The summed E-state index contributed by atoms with van der Waals surface area (Å²) >= 11 is 6.22. The minimum atomic E-state index is -0.0968. The van der Waals surface area contributed by atoms with Crippen molar-refractivity contribution in [2.24, 2.45) is 0 Å². The van der Waals surface area contributed by atoms with E-state index in [-0.39, 0.29) is 5.56 Å². The van der Waals surface area contributed by atoms with Gasteiger partial charge in [-0.1, -0.05) is 23.7 Å². The van der Waals surface area contributed by atoms with Crippen molar-refractivity contribution in [2.45, 2.75) is 26.4 Å². The monoisotopic (exact) mass is 367 g/mol. The summed E-state index contributed by atoms with van der Waals surface area (Å²) in [5.74, 6) is 0.521. The standard InChI is InChI=1S/C19H18ClN5O/c1-12-2-3-13(6-16(12)20)9-25-5-4-17-15(10-25)19(26)24-18(23-17)14-7-21-11-22-8-14/h2-3,6-8,11H,4-5,9-10H2,1H3,(H,23,24,26). The van der Waals surface area contributed by atoms with Crippen molar-refractivity contribution in [1.29, 1.82) is 0 Å². The highest BCUT2D eigenvalue weighted by molar-refractivity contribution is 6.31. The maximum Gasteiger partial charge on any atom is 0.255 e. The fourth-order valence-corrected chi connectivity index (χ4v) is 3.37. The highest BCUT2D eigenvalue weighted by Crippen LogP contribution is 2.21. The summed E-state index contributed by atoms with van der Waals surface area (Å²) in [5, 5.41) is 0.772. The second-order valence-corrected chi connectivity index (χ2v) is 6.92. The molecule has 0 fully saturated rings. The van der Waals surface area contributed by atoms with Gasteiger partial charge in [-0.3, -0.25) is 9.69 Å². The molecule has 0 bridgehead atoms. The molecule has 0 unspecified atom stereocenters. The number of aryl methyl sites for hydroxylation is 1. The van der Waals surface area contributed by atoms with E-state index in [1.54, 1.807) is 12.4 Å². The summed E-state index contributed by atoms with van der Waals surface area (Å²) in [4.78, 5) is 30.3. The largest absolute Gasteiger partial charge is 0.306 e. The second-order valence-electron chi connectivity index (χ2n) is 6.51. The summed E-state index contributed by atoms with van der Waals surface area (Å²) in [5.41, 5.74) is 4.41. The Hall–Kier alpha value is -2.57. The lowest BCUT2D eigenvalue weighted by molar-refractivity contribution is 0.242. The van der Waals surface area contributed by atoms with Crippen molar-refractivity contribution >= 4 is 11.6 Å². The van der Waals surface area contributed by atoms with E-state index >= 15 is 0 Å². The molecule has 7 heteroatoms. The Morgan fingerprint density at radius 3 is 2.85 bits per heavy atom. The van der Waals surface area contributed by atoms with Gasteiger partial charge >= 0.3 is 0 Å². The van der Waals surface area contributed by atoms with E-state index in [4.69, 9.17) is 11.6 Å². The van der Waals surface area contributed by atoms with Gasteiger partial charge in [-0.2, -0.15) is 0 Å². The van der Waals surface area contributed by atoms with Crippen LogP contribution in [0.15, 0.2) is 41.7 Å². The summed E-state index contributed by atoms with van der Waals surface area (Å²) in [6.45, 7) is 4.17. The molecule has 3 heterocycles. The quantitative estimate of drug-likeness (QED) is 0.770. The molecule has 0 spiro atoms. The first-order valence-corrected chi connectivity index (χ1v) is 8.83. The van der Waals surface area contributed by atoms with E-state index < -0.39 is 0 Å². The molecule has 0 atom stereocenters. The van der Waals surface area contributed by atoms with Crippen molar-refractivity contribution in [2.75, 3.05) is 6.54 Å². The lowest BCUT2D eigenvalue weighted by Gasteiger charge is -2.27. The summed E-state index contributed by atoms with van der Waals surface area (Å²) in [7, 11) is 0. The molecule has 6 nitrogen and oxygen atoms in total. The number of nitrogens with one attached hydrogen (secondary N) is 1. The van der Waals surface area contributed by atoms with Crippen LogP contribution in [0.2, 0.25) is 5.02 Å². The Labute approximate surface area is 155 Å². The van der Waals surface area contributed by atoms with Gasteiger partial charge in [0.2, 0.25) is 0 Å². The summed E-state index contributed by atoms with van der Waals surface area (Å²) in [6, 6.07) is 6.10. The molecule has 0 amide bonds.